The van der Waals surface area contributed by atoms with Crippen LogP contribution in [0, 0.1) is 5.92 Å². The Morgan fingerprint density at radius 3 is 2.44 bits per heavy atom. The number of rotatable bonds is 5. The lowest BCUT2D eigenvalue weighted by Crippen LogP contribution is -2.46. The Bertz CT molecular complexity index is 711. The molecule has 1 amide bonds. The third kappa shape index (κ3) is 4.78. The minimum Gasteiger partial charge on any atom is -0.353 e. The standard InChI is InChI=1S/C22H30N4O/c27-22(19-5-2-1-3-6-19)24-20-11-15-25(16-12-20)17-18-7-9-21(10-8-18)26-14-4-13-23-26/h4,7-10,13-14,19-20H,1-3,5-6,11-12,15-17H2,(H,24,27). The van der Waals surface area contributed by atoms with Crippen LogP contribution < -0.4 is 5.32 Å². The van der Waals surface area contributed by atoms with Gasteiger partial charge in [-0.15, -0.1) is 0 Å². The molecule has 1 aliphatic carbocycles. The highest BCUT2D eigenvalue weighted by atomic mass is 16.1. The molecule has 27 heavy (non-hydrogen) atoms. The van der Waals surface area contributed by atoms with Crippen molar-refractivity contribution in [1.29, 1.82) is 0 Å². The second-order valence-electron chi connectivity index (χ2n) is 8.01. The zero-order chi connectivity index (χ0) is 18.5. The van der Waals surface area contributed by atoms with E-state index in [2.05, 4.69) is 39.6 Å². The first-order valence-electron chi connectivity index (χ1n) is 10.4. The molecule has 5 heteroatoms. The molecule has 2 fully saturated rings. The summed E-state index contributed by atoms with van der Waals surface area (Å²) in [5.41, 5.74) is 2.42. The zero-order valence-electron chi connectivity index (χ0n) is 16.0. The third-order valence-electron chi connectivity index (χ3n) is 6.02. The van der Waals surface area contributed by atoms with Crippen molar-refractivity contribution in [2.24, 2.45) is 5.92 Å². The molecular weight excluding hydrogens is 336 g/mol. The molecule has 0 bridgehead atoms. The van der Waals surface area contributed by atoms with Crippen molar-refractivity contribution in [2.75, 3.05) is 13.1 Å². The molecule has 5 nitrogen and oxygen atoms in total. The quantitative estimate of drug-likeness (QED) is 0.881. The van der Waals surface area contributed by atoms with Crippen LogP contribution in [0.25, 0.3) is 5.69 Å². The summed E-state index contributed by atoms with van der Waals surface area (Å²) in [6, 6.07) is 10.9. The molecule has 2 aromatic rings. The molecule has 0 spiro atoms. The molecule has 2 aliphatic rings. The fourth-order valence-corrected chi connectivity index (χ4v) is 4.35. The van der Waals surface area contributed by atoms with Crippen molar-refractivity contribution in [3.63, 3.8) is 0 Å². The number of nitrogens with one attached hydrogen (secondary N) is 1. The molecule has 1 saturated carbocycles. The molecule has 1 aromatic carbocycles. The SMILES string of the molecule is O=C(NC1CCN(Cc2ccc(-n3cccn3)cc2)CC1)C1CCCCC1. The van der Waals surface area contributed by atoms with Crippen LogP contribution in [-0.4, -0.2) is 39.7 Å². The number of piperidine rings is 1. The van der Waals surface area contributed by atoms with Gasteiger partial charge < -0.3 is 5.32 Å². The largest absolute Gasteiger partial charge is 0.353 e. The van der Waals surface area contributed by atoms with Crippen LogP contribution in [0.15, 0.2) is 42.7 Å². The van der Waals surface area contributed by atoms with Crippen LogP contribution in [0.1, 0.15) is 50.5 Å². The first kappa shape index (κ1) is 18.2. The van der Waals surface area contributed by atoms with E-state index in [0.29, 0.717) is 11.9 Å². The van der Waals surface area contributed by atoms with E-state index in [1.165, 1.54) is 24.8 Å². The smallest absolute Gasteiger partial charge is 0.223 e. The lowest BCUT2D eigenvalue weighted by molar-refractivity contribution is -0.127. The van der Waals surface area contributed by atoms with E-state index < -0.39 is 0 Å². The fourth-order valence-electron chi connectivity index (χ4n) is 4.35. The van der Waals surface area contributed by atoms with Crippen molar-refractivity contribution < 1.29 is 4.79 Å². The van der Waals surface area contributed by atoms with Crippen molar-refractivity contribution in [3.8, 4) is 5.69 Å². The summed E-state index contributed by atoms with van der Waals surface area (Å²) < 4.78 is 1.88. The second kappa shape index (κ2) is 8.70. The average Bonchev–Trinajstić information content (AvgIpc) is 3.26. The van der Waals surface area contributed by atoms with Gasteiger partial charge in [0, 0.05) is 44.0 Å². The third-order valence-corrected chi connectivity index (χ3v) is 6.02. The topological polar surface area (TPSA) is 50.2 Å². The van der Waals surface area contributed by atoms with E-state index in [1.54, 1.807) is 6.20 Å². The lowest BCUT2D eigenvalue weighted by Gasteiger charge is -2.33. The molecule has 1 N–H and O–H groups in total. The number of amides is 1. The normalized spacial score (nSPS) is 19.9. The summed E-state index contributed by atoms with van der Waals surface area (Å²) in [6.07, 6.45) is 11.8. The van der Waals surface area contributed by atoms with Crippen molar-refractivity contribution in [1.82, 2.24) is 20.0 Å². The molecule has 1 aliphatic heterocycles. The Kier molecular flexibility index (Phi) is 5.87. The van der Waals surface area contributed by atoms with Crippen LogP contribution >= 0.6 is 0 Å². The Morgan fingerprint density at radius 1 is 1.04 bits per heavy atom. The molecule has 1 aromatic heterocycles. The second-order valence-corrected chi connectivity index (χ2v) is 8.01. The predicted octanol–water partition coefficient (Wildman–Crippen LogP) is 3.53. The van der Waals surface area contributed by atoms with Crippen molar-refractivity contribution >= 4 is 5.91 Å². The number of aromatic nitrogens is 2. The summed E-state index contributed by atoms with van der Waals surface area (Å²) in [5.74, 6) is 0.576. The van der Waals surface area contributed by atoms with E-state index in [0.717, 1.165) is 51.0 Å². The van der Waals surface area contributed by atoms with E-state index >= 15 is 0 Å². The molecule has 0 radical (unpaired) electrons. The zero-order valence-corrected chi connectivity index (χ0v) is 16.0. The first-order chi connectivity index (χ1) is 13.3. The van der Waals surface area contributed by atoms with Gasteiger partial charge in [-0.1, -0.05) is 31.4 Å². The molecule has 144 valence electrons. The van der Waals surface area contributed by atoms with Crippen LogP contribution in [0.4, 0.5) is 0 Å². The highest BCUT2D eigenvalue weighted by molar-refractivity contribution is 5.79. The van der Waals surface area contributed by atoms with Gasteiger partial charge in [0.1, 0.15) is 0 Å². The van der Waals surface area contributed by atoms with Crippen LogP contribution in [0.3, 0.4) is 0 Å². The highest BCUT2D eigenvalue weighted by Crippen LogP contribution is 2.24. The van der Waals surface area contributed by atoms with E-state index in [4.69, 9.17) is 0 Å². The van der Waals surface area contributed by atoms with Gasteiger partial charge in [-0.2, -0.15) is 5.10 Å². The number of benzene rings is 1. The summed E-state index contributed by atoms with van der Waals surface area (Å²) in [4.78, 5) is 14.9. The summed E-state index contributed by atoms with van der Waals surface area (Å²) in [6.45, 7) is 3.08. The van der Waals surface area contributed by atoms with Crippen LogP contribution in [-0.2, 0) is 11.3 Å². The summed E-state index contributed by atoms with van der Waals surface area (Å²) in [5, 5.41) is 7.59. The number of hydrogen-bond acceptors (Lipinski definition) is 3. The number of hydrogen-bond donors (Lipinski definition) is 1. The maximum atomic E-state index is 12.4. The predicted molar refractivity (Wildman–Crippen MR) is 107 cm³/mol. The van der Waals surface area contributed by atoms with E-state index in [1.807, 2.05) is 16.9 Å². The average molecular weight is 367 g/mol. The van der Waals surface area contributed by atoms with Gasteiger partial charge in [-0.25, -0.2) is 4.68 Å². The monoisotopic (exact) mass is 366 g/mol. The Labute approximate surface area is 161 Å². The molecule has 2 heterocycles. The number of carbonyl (C=O) groups is 1. The Morgan fingerprint density at radius 2 is 1.78 bits per heavy atom. The minimum atomic E-state index is 0.269. The molecule has 1 saturated heterocycles. The number of nitrogens with zero attached hydrogens (tertiary/aromatic N) is 3. The maximum Gasteiger partial charge on any atom is 0.223 e. The molecular formula is C22H30N4O. The van der Waals surface area contributed by atoms with E-state index in [9.17, 15) is 4.79 Å². The van der Waals surface area contributed by atoms with Crippen molar-refractivity contribution in [3.05, 3.63) is 48.3 Å². The van der Waals surface area contributed by atoms with Gasteiger partial charge in [0.05, 0.1) is 5.69 Å². The highest BCUT2D eigenvalue weighted by Gasteiger charge is 2.25. The molecule has 4 rings (SSSR count). The Balaban J connectivity index is 1.23. The van der Waals surface area contributed by atoms with E-state index in [-0.39, 0.29) is 5.92 Å². The lowest BCUT2D eigenvalue weighted by atomic mass is 9.88. The number of likely N-dealkylation sites (tertiary alicyclic amines) is 1. The van der Waals surface area contributed by atoms with Gasteiger partial charge in [0.25, 0.3) is 0 Å². The van der Waals surface area contributed by atoms with Gasteiger partial charge >= 0.3 is 0 Å². The fraction of sp³-hybridized carbons (Fsp3) is 0.545. The van der Waals surface area contributed by atoms with Crippen LogP contribution in [0.5, 0.6) is 0 Å². The molecule has 0 atom stereocenters. The van der Waals surface area contributed by atoms with Gasteiger partial charge in [-0.3, -0.25) is 9.69 Å². The van der Waals surface area contributed by atoms with Crippen LogP contribution in [0.2, 0.25) is 0 Å². The summed E-state index contributed by atoms with van der Waals surface area (Å²) >= 11 is 0. The molecule has 0 unspecified atom stereocenters. The maximum absolute atomic E-state index is 12.4. The Hall–Kier alpha value is -2.14. The minimum absolute atomic E-state index is 0.269. The van der Waals surface area contributed by atoms with Gasteiger partial charge in [0.15, 0.2) is 0 Å². The van der Waals surface area contributed by atoms with Crippen molar-refractivity contribution in [2.45, 2.75) is 57.5 Å². The first-order valence-corrected chi connectivity index (χ1v) is 10.4. The summed E-state index contributed by atoms with van der Waals surface area (Å²) in [7, 11) is 0. The van der Waals surface area contributed by atoms with Gasteiger partial charge in [0.2, 0.25) is 5.91 Å². The van der Waals surface area contributed by atoms with Gasteiger partial charge in [-0.05, 0) is 49.4 Å². The number of carbonyl (C=O) groups excluding carboxylic acids is 1.